The number of nitrogens with zero attached hydrogens (tertiary/aromatic N) is 1. The Hall–Kier alpha value is -2.29. The van der Waals surface area contributed by atoms with Crippen molar-refractivity contribution in [1.82, 2.24) is 9.97 Å². The third-order valence-electron chi connectivity index (χ3n) is 3.20. The van der Waals surface area contributed by atoms with Crippen LogP contribution in [0.15, 0.2) is 42.7 Å². The van der Waals surface area contributed by atoms with Gasteiger partial charge in [0.05, 0.1) is 7.11 Å². The molecule has 3 aromatic rings. The van der Waals surface area contributed by atoms with Crippen LogP contribution in [-0.2, 0) is 0 Å². The summed E-state index contributed by atoms with van der Waals surface area (Å²) in [6, 6.07) is 10.4. The second kappa shape index (κ2) is 4.18. The molecule has 0 aliphatic heterocycles. The van der Waals surface area contributed by atoms with Crippen LogP contribution < -0.4 is 4.74 Å². The van der Waals surface area contributed by atoms with Gasteiger partial charge in [-0.15, -0.1) is 0 Å². The molecule has 0 saturated heterocycles. The van der Waals surface area contributed by atoms with Crippen molar-refractivity contribution in [3.05, 3.63) is 48.3 Å². The monoisotopic (exact) mass is 238 g/mol. The molecular formula is C15H14N2O. The van der Waals surface area contributed by atoms with Crippen molar-refractivity contribution in [3.8, 4) is 17.0 Å². The molecule has 0 radical (unpaired) electrons. The summed E-state index contributed by atoms with van der Waals surface area (Å²) in [5.74, 6) is 0.632. The Balaban J connectivity index is 2.29. The number of hydrogen-bond acceptors (Lipinski definition) is 2. The number of ether oxygens (including phenoxy) is 1. The number of rotatable bonds is 2. The molecule has 3 nitrogen and oxygen atoms in total. The van der Waals surface area contributed by atoms with E-state index in [1.807, 2.05) is 12.3 Å². The van der Waals surface area contributed by atoms with Gasteiger partial charge in [-0.1, -0.05) is 24.3 Å². The minimum Gasteiger partial charge on any atom is -0.479 e. The number of nitrogens with one attached hydrogen (secondary N) is 1. The predicted molar refractivity (Wildman–Crippen MR) is 72.8 cm³/mol. The standard InChI is InChI=1S/C15H14N2O/c1-10-5-3-4-6-11(10)13-9-17-14-12(13)7-8-16-15(14)18-2/h3-9,17H,1-2H3. The lowest BCUT2D eigenvalue weighted by Gasteiger charge is -2.04. The van der Waals surface area contributed by atoms with Gasteiger partial charge in [-0.25, -0.2) is 4.98 Å². The topological polar surface area (TPSA) is 37.9 Å². The van der Waals surface area contributed by atoms with E-state index in [-0.39, 0.29) is 0 Å². The summed E-state index contributed by atoms with van der Waals surface area (Å²) in [5, 5.41) is 1.14. The summed E-state index contributed by atoms with van der Waals surface area (Å²) >= 11 is 0. The van der Waals surface area contributed by atoms with E-state index in [4.69, 9.17) is 4.74 Å². The molecule has 0 atom stereocenters. The average Bonchev–Trinajstić information content (AvgIpc) is 2.83. The third-order valence-corrected chi connectivity index (χ3v) is 3.20. The normalized spacial score (nSPS) is 10.8. The molecule has 3 rings (SSSR count). The molecule has 0 spiro atoms. The number of aromatic amines is 1. The number of aromatic nitrogens is 2. The van der Waals surface area contributed by atoms with Crippen molar-refractivity contribution >= 4 is 10.9 Å². The molecule has 1 N–H and O–H groups in total. The fourth-order valence-corrected chi connectivity index (χ4v) is 2.28. The molecule has 0 saturated carbocycles. The highest BCUT2D eigenvalue weighted by Gasteiger charge is 2.11. The van der Waals surface area contributed by atoms with Crippen molar-refractivity contribution < 1.29 is 4.74 Å². The molecule has 2 aromatic heterocycles. The Morgan fingerprint density at radius 2 is 1.94 bits per heavy atom. The van der Waals surface area contributed by atoms with Gasteiger partial charge in [0.15, 0.2) is 0 Å². The van der Waals surface area contributed by atoms with Gasteiger partial charge in [0, 0.05) is 23.3 Å². The molecule has 18 heavy (non-hydrogen) atoms. The molecule has 0 fully saturated rings. The Kier molecular flexibility index (Phi) is 2.52. The van der Waals surface area contributed by atoms with Gasteiger partial charge < -0.3 is 9.72 Å². The Morgan fingerprint density at radius 3 is 2.72 bits per heavy atom. The summed E-state index contributed by atoms with van der Waals surface area (Å²) in [7, 11) is 1.63. The summed E-state index contributed by atoms with van der Waals surface area (Å²) < 4.78 is 5.26. The molecule has 0 aliphatic carbocycles. The van der Waals surface area contributed by atoms with Crippen molar-refractivity contribution in [2.45, 2.75) is 6.92 Å². The second-order valence-corrected chi connectivity index (χ2v) is 4.26. The summed E-state index contributed by atoms with van der Waals surface area (Å²) in [4.78, 5) is 7.45. The van der Waals surface area contributed by atoms with Crippen LogP contribution in [0.1, 0.15) is 5.56 Å². The van der Waals surface area contributed by atoms with Crippen LogP contribution in [0.4, 0.5) is 0 Å². The first kappa shape index (κ1) is 10.8. The maximum absolute atomic E-state index is 5.26. The highest BCUT2D eigenvalue weighted by atomic mass is 16.5. The van der Waals surface area contributed by atoms with E-state index in [2.05, 4.69) is 41.2 Å². The molecule has 0 bridgehead atoms. The first-order valence-electron chi connectivity index (χ1n) is 5.87. The minimum atomic E-state index is 0.632. The molecule has 0 unspecified atom stereocenters. The SMILES string of the molecule is COc1nccc2c(-c3ccccc3C)c[nH]c12. The van der Waals surface area contributed by atoms with Crippen LogP contribution in [0.2, 0.25) is 0 Å². The fourth-order valence-electron chi connectivity index (χ4n) is 2.28. The molecule has 2 heterocycles. The zero-order valence-electron chi connectivity index (χ0n) is 10.4. The highest BCUT2D eigenvalue weighted by Crippen LogP contribution is 2.33. The first-order valence-corrected chi connectivity index (χ1v) is 5.87. The summed E-state index contributed by atoms with van der Waals surface area (Å²) in [5.41, 5.74) is 4.62. The number of aryl methyl sites for hydroxylation is 1. The Labute approximate surface area is 105 Å². The number of hydrogen-bond donors (Lipinski definition) is 1. The zero-order chi connectivity index (χ0) is 12.5. The van der Waals surface area contributed by atoms with E-state index < -0.39 is 0 Å². The van der Waals surface area contributed by atoms with Gasteiger partial charge in [0.2, 0.25) is 5.88 Å². The lowest BCUT2D eigenvalue weighted by molar-refractivity contribution is 0.402. The first-order chi connectivity index (χ1) is 8.81. The van der Waals surface area contributed by atoms with Crippen LogP contribution >= 0.6 is 0 Å². The maximum Gasteiger partial charge on any atom is 0.238 e. The third kappa shape index (κ3) is 1.56. The number of methoxy groups -OCH3 is 1. The second-order valence-electron chi connectivity index (χ2n) is 4.26. The lowest BCUT2D eigenvalue weighted by atomic mass is 10.0. The van der Waals surface area contributed by atoms with E-state index in [1.165, 1.54) is 16.7 Å². The number of pyridine rings is 1. The molecular weight excluding hydrogens is 224 g/mol. The van der Waals surface area contributed by atoms with Gasteiger partial charge in [0.1, 0.15) is 5.52 Å². The van der Waals surface area contributed by atoms with Gasteiger partial charge in [0.25, 0.3) is 0 Å². The van der Waals surface area contributed by atoms with E-state index in [1.54, 1.807) is 13.3 Å². The predicted octanol–water partition coefficient (Wildman–Crippen LogP) is 3.55. The molecule has 3 heteroatoms. The lowest BCUT2D eigenvalue weighted by Crippen LogP contribution is -1.87. The van der Waals surface area contributed by atoms with Crippen molar-refractivity contribution in [2.24, 2.45) is 0 Å². The van der Waals surface area contributed by atoms with E-state index in [0.717, 1.165) is 10.9 Å². The largest absolute Gasteiger partial charge is 0.479 e. The van der Waals surface area contributed by atoms with Crippen molar-refractivity contribution in [1.29, 1.82) is 0 Å². The van der Waals surface area contributed by atoms with Crippen LogP contribution in [0.3, 0.4) is 0 Å². The van der Waals surface area contributed by atoms with Gasteiger partial charge in [-0.3, -0.25) is 0 Å². The zero-order valence-corrected chi connectivity index (χ0v) is 10.4. The smallest absolute Gasteiger partial charge is 0.238 e. The quantitative estimate of drug-likeness (QED) is 0.741. The van der Waals surface area contributed by atoms with Gasteiger partial charge >= 0.3 is 0 Å². The average molecular weight is 238 g/mol. The van der Waals surface area contributed by atoms with Gasteiger partial charge in [-0.05, 0) is 24.1 Å². The molecule has 90 valence electrons. The summed E-state index contributed by atoms with van der Waals surface area (Å²) in [6.07, 6.45) is 3.79. The maximum atomic E-state index is 5.26. The minimum absolute atomic E-state index is 0.632. The number of H-pyrrole nitrogens is 1. The molecule has 0 aliphatic rings. The van der Waals surface area contributed by atoms with Crippen LogP contribution in [0.5, 0.6) is 5.88 Å². The van der Waals surface area contributed by atoms with E-state index in [9.17, 15) is 0 Å². The Bertz CT molecular complexity index is 701. The van der Waals surface area contributed by atoms with Crippen molar-refractivity contribution in [3.63, 3.8) is 0 Å². The molecule has 0 amide bonds. The van der Waals surface area contributed by atoms with E-state index >= 15 is 0 Å². The fraction of sp³-hybridized carbons (Fsp3) is 0.133. The Morgan fingerprint density at radius 1 is 1.11 bits per heavy atom. The molecule has 1 aromatic carbocycles. The van der Waals surface area contributed by atoms with Gasteiger partial charge in [-0.2, -0.15) is 0 Å². The van der Waals surface area contributed by atoms with Crippen LogP contribution in [-0.4, -0.2) is 17.1 Å². The van der Waals surface area contributed by atoms with Crippen LogP contribution in [0.25, 0.3) is 22.0 Å². The highest BCUT2D eigenvalue weighted by molar-refractivity contribution is 5.98. The number of fused-ring (bicyclic) bond motifs is 1. The van der Waals surface area contributed by atoms with E-state index in [0.29, 0.717) is 5.88 Å². The summed E-state index contributed by atoms with van der Waals surface area (Å²) in [6.45, 7) is 2.12. The van der Waals surface area contributed by atoms with Crippen LogP contribution in [0, 0.1) is 6.92 Å². The van der Waals surface area contributed by atoms with Crippen molar-refractivity contribution in [2.75, 3.05) is 7.11 Å². The number of benzene rings is 1.